The molecule has 1 fully saturated rings. The number of nitrogens with zero attached hydrogens (tertiary/aromatic N) is 2. The molecule has 0 amide bonds. The molecule has 1 aliphatic rings. The van der Waals surface area contributed by atoms with Crippen LogP contribution in [0.3, 0.4) is 0 Å². The second kappa shape index (κ2) is 7.78. The Bertz CT molecular complexity index is 340. The molecule has 2 rings (SSSR count). The van der Waals surface area contributed by atoms with Gasteiger partial charge in [-0.15, -0.1) is 10.2 Å². The zero-order valence-corrected chi connectivity index (χ0v) is 11.7. The predicted octanol–water partition coefficient (Wildman–Crippen LogP) is 1.56. The number of hydrogen-bond acceptors (Lipinski definition) is 6. The van der Waals surface area contributed by atoms with Gasteiger partial charge in [0.1, 0.15) is 16.1 Å². The highest BCUT2D eigenvalue weighted by Crippen LogP contribution is 2.30. The first kappa shape index (κ1) is 13.9. The molecule has 5 nitrogen and oxygen atoms in total. The first-order valence-corrected chi connectivity index (χ1v) is 7.35. The number of methoxy groups -OCH3 is 1. The van der Waals surface area contributed by atoms with Crippen LogP contribution in [0.5, 0.6) is 0 Å². The Morgan fingerprint density at radius 3 is 3.17 bits per heavy atom. The number of aromatic nitrogens is 2. The fourth-order valence-corrected chi connectivity index (χ4v) is 2.90. The van der Waals surface area contributed by atoms with Gasteiger partial charge in [0.05, 0.1) is 6.61 Å². The maximum Gasteiger partial charge on any atom is 0.146 e. The lowest BCUT2D eigenvalue weighted by Gasteiger charge is -2.02. The molecule has 2 heterocycles. The first-order chi connectivity index (χ1) is 8.90. The molecule has 0 aliphatic carbocycles. The Morgan fingerprint density at radius 1 is 1.44 bits per heavy atom. The molecule has 1 atom stereocenters. The van der Waals surface area contributed by atoms with Gasteiger partial charge in [0, 0.05) is 26.7 Å². The van der Waals surface area contributed by atoms with Gasteiger partial charge in [-0.3, -0.25) is 0 Å². The van der Waals surface area contributed by atoms with E-state index in [9.17, 15) is 0 Å². The summed E-state index contributed by atoms with van der Waals surface area (Å²) in [5.41, 5.74) is 0. The van der Waals surface area contributed by atoms with E-state index < -0.39 is 0 Å². The maximum absolute atomic E-state index is 5.60. The molecular formula is C12H21N3O2S. The number of rotatable bonds is 8. The SMILES string of the molecule is COCCNCCCc1nnc(C2CCCO2)s1. The Morgan fingerprint density at radius 2 is 2.39 bits per heavy atom. The van der Waals surface area contributed by atoms with E-state index in [1.165, 1.54) is 0 Å². The second-order valence-electron chi connectivity index (χ2n) is 4.38. The smallest absolute Gasteiger partial charge is 0.146 e. The minimum Gasteiger partial charge on any atom is -0.383 e. The molecule has 1 aromatic rings. The Labute approximate surface area is 112 Å². The number of ether oxygens (including phenoxy) is 2. The summed E-state index contributed by atoms with van der Waals surface area (Å²) in [5, 5.41) is 14.0. The Balaban J connectivity index is 1.64. The first-order valence-electron chi connectivity index (χ1n) is 6.53. The summed E-state index contributed by atoms with van der Waals surface area (Å²) in [7, 11) is 1.72. The minimum atomic E-state index is 0.205. The molecule has 102 valence electrons. The van der Waals surface area contributed by atoms with Crippen molar-refractivity contribution in [3.8, 4) is 0 Å². The van der Waals surface area contributed by atoms with Crippen LogP contribution in [0.4, 0.5) is 0 Å². The monoisotopic (exact) mass is 271 g/mol. The fraction of sp³-hybridized carbons (Fsp3) is 0.833. The van der Waals surface area contributed by atoms with Crippen LogP contribution >= 0.6 is 11.3 Å². The van der Waals surface area contributed by atoms with Crippen LogP contribution in [0.1, 0.15) is 35.4 Å². The summed E-state index contributed by atoms with van der Waals surface area (Å²) >= 11 is 1.70. The largest absolute Gasteiger partial charge is 0.383 e. The highest BCUT2D eigenvalue weighted by molar-refractivity contribution is 7.11. The molecule has 1 saturated heterocycles. The molecule has 18 heavy (non-hydrogen) atoms. The van der Waals surface area contributed by atoms with Crippen molar-refractivity contribution in [2.45, 2.75) is 31.8 Å². The van der Waals surface area contributed by atoms with Crippen molar-refractivity contribution in [1.82, 2.24) is 15.5 Å². The van der Waals surface area contributed by atoms with Crippen molar-refractivity contribution in [1.29, 1.82) is 0 Å². The minimum absolute atomic E-state index is 0.205. The third kappa shape index (κ3) is 4.28. The maximum atomic E-state index is 5.60. The molecule has 0 spiro atoms. The summed E-state index contributed by atoms with van der Waals surface area (Å²) in [6, 6.07) is 0. The molecule has 0 radical (unpaired) electrons. The highest BCUT2D eigenvalue weighted by Gasteiger charge is 2.21. The van der Waals surface area contributed by atoms with Crippen molar-refractivity contribution in [3.05, 3.63) is 10.0 Å². The van der Waals surface area contributed by atoms with E-state index in [4.69, 9.17) is 9.47 Å². The second-order valence-corrected chi connectivity index (χ2v) is 5.48. The molecule has 1 aromatic heterocycles. The molecule has 0 saturated carbocycles. The lowest BCUT2D eigenvalue weighted by Crippen LogP contribution is -2.20. The highest BCUT2D eigenvalue weighted by atomic mass is 32.1. The molecule has 6 heteroatoms. The average Bonchev–Trinajstić information content (AvgIpc) is 3.03. The summed E-state index contributed by atoms with van der Waals surface area (Å²) < 4.78 is 10.6. The van der Waals surface area contributed by atoms with Gasteiger partial charge in [0.25, 0.3) is 0 Å². The lowest BCUT2D eigenvalue weighted by atomic mass is 10.2. The van der Waals surface area contributed by atoms with Crippen molar-refractivity contribution in [2.24, 2.45) is 0 Å². The summed E-state index contributed by atoms with van der Waals surface area (Å²) in [5.74, 6) is 0. The van der Waals surface area contributed by atoms with E-state index in [0.717, 1.165) is 62.0 Å². The van der Waals surface area contributed by atoms with Crippen LogP contribution < -0.4 is 5.32 Å². The van der Waals surface area contributed by atoms with Crippen molar-refractivity contribution in [3.63, 3.8) is 0 Å². The fourth-order valence-electron chi connectivity index (χ4n) is 1.93. The lowest BCUT2D eigenvalue weighted by molar-refractivity contribution is 0.111. The van der Waals surface area contributed by atoms with Gasteiger partial charge in [0.2, 0.25) is 0 Å². The number of nitrogens with one attached hydrogen (secondary N) is 1. The van der Waals surface area contributed by atoms with Gasteiger partial charge >= 0.3 is 0 Å². The predicted molar refractivity (Wildman–Crippen MR) is 70.9 cm³/mol. The van der Waals surface area contributed by atoms with E-state index in [-0.39, 0.29) is 6.10 Å². The standard InChI is InChI=1S/C12H21N3O2S/c1-16-9-7-13-6-2-5-11-14-15-12(18-11)10-4-3-8-17-10/h10,13H,2-9H2,1H3. The molecule has 1 N–H and O–H groups in total. The molecule has 0 bridgehead atoms. The Kier molecular flexibility index (Phi) is 5.99. The van der Waals surface area contributed by atoms with Gasteiger partial charge in [0.15, 0.2) is 0 Å². The van der Waals surface area contributed by atoms with Crippen LogP contribution in [0, 0.1) is 0 Å². The van der Waals surface area contributed by atoms with Crippen LogP contribution in [0.2, 0.25) is 0 Å². The topological polar surface area (TPSA) is 56.3 Å². The molecular weight excluding hydrogens is 250 g/mol. The molecule has 1 unspecified atom stereocenters. The van der Waals surface area contributed by atoms with Crippen LogP contribution in [0.15, 0.2) is 0 Å². The molecule has 1 aliphatic heterocycles. The third-order valence-corrected chi connectivity index (χ3v) is 3.99. The van der Waals surface area contributed by atoms with E-state index in [2.05, 4.69) is 15.5 Å². The van der Waals surface area contributed by atoms with E-state index >= 15 is 0 Å². The van der Waals surface area contributed by atoms with Crippen LogP contribution in [-0.2, 0) is 15.9 Å². The van der Waals surface area contributed by atoms with Gasteiger partial charge in [-0.05, 0) is 25.8 Å². The summed E-state index contributed by atoms with van der Waals surface area (Å²) in [6.45, 7) is 3.54. The Hall–Kier alpha value is -0.560. The van der Waals surface area contributed by atoms with Crippen molar-refractivity contribution >= 4 is 11.3 Å². The molecule has 0 aromatic carbocycles. The zero-order valence-electron chi connectivity index (χ0n) is 10.9. The van der Waals surface area contributed by atoms with Gasteiger partial charge < -0.3 is 14.8 Å². The van der Waals surface area contributed by atoms with E-state index in [0.29, 0.717) is 0 Å². The summed E-state index contributed by atoms with van der Waals surface area (Å²) in [4.78, 5) is 0. The number of hydrogen-bond donors (Lipinski definition) is 1. The van der Waals surface area contributed by atoms with Crippen LogP contribution in [-0.4, -0.2) is 43.6 Å². The van der Waals surface area contributed by atoms with Gasteiger partial charge in [-0.25, -0.2) is 0 Å². The quantitative estimate of drug-likeness (QED) is 0.727. The number of aryl methyl sites for hydroxylation is 1. The third-order valence-electron chi connectivity index (χ3n) is 2.91. The van der Waals surface area contributed by atoms with Crippen molar-refractivity contribution < 1.29 is 9.47 Å². The normalized spacial score (nSPS) is 19.5. The van der Waals surface area contributed by atoms with Crippen LogP contribution in [0.25, 0.3) is 0 Å². The zero-order chi connectivity index (χ0) is 12.6. The summed E-state index contributed by atoms with van der Waals surface area (Å²) in [6.07, 6.45) is 4.51. The van der Waals surface area contributed by atoms with E-state index in [1.54, 1.807) is 18.4 Å². The van der Waals surface area contributed by atoms with Crippen molar-refractivity contribution in [2.75, 3.05) is 33.4 Å². The van der Waals surface area contributed by atoms with Gasteiger partial charge in [-0.2, -0.15) is 0 Å². The van der Waals surface area contributed by atoms with Gasteiger partial charge in [-0.1, -0.05) is 11.3 Å². The van der Waals surface area contributed by atoms with E-state index in [1.807, 2.05) is 0 Å². The average molecular weight is 271 g/mol.